The highest BCUT2D eigenvalue weighted by atomic mass is 79.9. The van der Waals surface area contributed by atoms with E-state index in [1.54, 1.807) is 12.1 Å². The van der Waals surface area contributed by atoms with Crippen LogP contribution in [0.5, 0.6) is 0 Å². The number of aliphatic carboxylic acids is 1. The highest BCUT2D eigenvalue weighted by Crippen LogP contribution is 2.35. The molecule has 108 valence electrons. The van der Waals surface area contributed by atoms with E-state index >= 15 is 0 Å². The van der Waals surface area contributed by atoms with Gasteiger partial charge in [-0.1, -0.05) is 13.8 Å². The molecule has 1 amide bonds. The van der Waals surface area contributed by atoms with Crippen LogP contribution in [0.3, 0.4) is 0 Å². The number of halogens is 1. The molecule has 0 aliphatic carbocycles. The number of pyridine rings is 1. The number of rotatable bonds is 3. The summed E-state index contributed by atoms with van der Waals surface area (Å²) in [4.78, 5) is 29.5. The summed E-state index contributed by atoms with van der Waals surface area (Å²) < 4.78 is 0.558. The van der Waals surface area contributed by atoms with Crippen molar-refractivity contribution >= 4 is 39.6 Å². The van der Waals surface area contributed by atoms with E-state index in [2.05, 4.69) is 20.9 Å². The zero-order valence-electron chi connectivity index (χ0n) is 11.1. The summed E-state index contributed by atoms with van der Waals surface area (Å²) in [6.45, 7) is 3.98. The second kappa shape index (κ2) is 6.13. The van der Waals surface area contributed by atoms with E-state index in [4.69, 9.17) is 0 Å². The summed E-state index contributed by atoms with van der Waals surface area (Å²) >= 11 is 4.74. The van der Waals surface area contributed by atoms with Crippen LogP contribution in [0.15, 0.2) is 22.9 Å². The van der Waals surface area contributed by atoms with Gasteiger partial charge in [-0.3, -0.25) is 4.79 Å². The predicted octanol–water partition coefficient (Wildman–Crippen LogP) is 2.47. The van der Waals surface area contributed by atoms with Gasteiger partial charge in [0.05, 0.1) is 5.37 Å². The Hall–Kier alpha value is -1.08. The Morgan fingerprint density at radius 1 is 1.55 bits per heavy atom. The average Bonchev–Trinajstić information content (AvgIpc) is 2.82. The SMILES string of the molecule is CC(C)C1SCC(C(=O)O)N1C(=O)c1ccnc(Br)c1. The van der Waals surface area contributed by atoms with Crippen LogP contribution in [0.2, 0.25) is 0 Å². The molecule has 1 fully saturated rings. The number of aromatic nitrogens is 1. The smallest absolute Gasteiger partial charge is 0.327 e. The van der Waals surface area contributed by atoms with Crippen LogP contribution in [0.4, 0.5) is 0 Å². The lowest BCUT2D eigenvalue weighted by molar-refractivity contribution is -0.141. The minimum atomic E-state index is -0.956. The Labute approximate surface area is 129 Å². The predicted molar refractivity (Wildman–Crippen MR) is 80.6 cm³/mol. The fraction of sp³-hybridized carbons (Fsp3) is 0.462. The average molecular weight is 359 g/mol. The molecule has 0 bridgehead atoms. The number of carbonyl (C=O) groups is 2. The molecule has 1 aliphatic heterocycles. The van der Waals surface area contributed by atoms with Crippen molar-refractivity contribution in [3.8, 4) is 0 Å². The van der Waals surface area contributed by atoms with Crippen LogP contribution < -0.4 is 0 Å². The highest BCUT2D eigenvalue weighted by Gasteiger charge is 2.43. The van der Waals surface area contributed by atoms with Crippen molar-refractivity contribution in [3.05, 3.63) is 28.5 Å². The number of carboxylic acids is 1. The van der Waals surface area contributed by atoms with E-state index in [0.29, 0.717) is 15.9 Å². The van der Waals surface area contributed by atoms with Crippen molar-refractivity contribution in [2.24, 2.45) is 5.92 Å². The molecular formula is C13H15BrN2O3S. The molecule has 1 saturated heterocycles. The Balaban J connectivity index is 2.34. The van der Waals surface area contributed by atoms with Crippen molar-refractivity contribution in [2.75, 3.05) is 5.75 Å². The van der Waals surface area contributed by atoms with Crippen molar-refractivity contribution in [1.29, 1.82) is 0 Å². The lowest BCUT2D eigenvalue weighted by Gasteiger charge is -2.29. The van der Waals surface area contributed by atoms with Crippen LogP contribution in [0, 0.1) is 5.92 Å². The van der Waals surface area contributed by atoms with Crippen LogP contribution in [-0.4, -0.2) is 44.0 Å². The molecule has 0 spiro atoms. The highest BCUT2D eigenvalue weighted by molar-refractivity contribution is 9.10. The molecule has 2 atom stereocenters. The van der Waals surface area contributed by atoms with Gasteiger partial charge in [0, 0.05) is 17.5 Å². The number of nitrogens with zero attached hydrogens (tertiary/aromatic N) is 2. The second-order valence-corrected chi connectivity index (χ2v) is 6.86. The van der Waals surface area contributed by atoms with Gasteiger partial charge < -0.3 is 10.0 Å². The first-order chi connectivity index (χ1) is 9.41. The first-order valence-corrected chi connectivity index (χ1v) is 8.04. The monoisotopic (exact) mass is 358 g/mol. The maximum absolute atomic E-state index is 12.6. The van der Waals surface area contributed by atoms with Crippen molar-refractivity contribution in [3.63, 3.8) is 0 Å². The van der Waals surface area contributed by atoms with Crippen molar-refractivity contribution in [1.82, 2.24) is 9.88 Å². The van der Waals surface area contributed by atoms with Gasteiger partial charge in [0.15, 0.2) is 0 Å². The minimum Gasteiger partial charge on any atom is -0.480 e. The Kier molecular flexibility index (Phi) is 4.70. The Morgan fingerprint density at radius 2 is 2.25 bits per heavy atom. The molecule has 0 aromatic carbocycles. The molecule has 1 aromatic rings. The Morgan fingerprint density at radius 3 is 2.80 bits per heavy atom. The zero-order chi connectivity index (χ0) is 14.9. The number of thioether (sulfide) groups is 1. The fourth-order valence-electron chi connectivity index (χ4n) is 2.17. The molecule has 1 aliphatic rings. The van der Waals surface area contributed by atoms with E-state index in [1.807, 2.05) is 13.8 Å². The summed E-state index contributed by atoms with van der Waals surface area (Å²) in [5, 5.41) is 9.19. The second-order valence-electron chi connectivity index (χ2n) is 4.90. The van der Waals surface area contributed by atoms with E-state index in [1.165, 1.54) is 22.9 Å². The van der Waals surface area contributed by atoms with Gasteiger partial charge in [0.2, 0.25) is 0 Å². The maximum Gasteiger partial charge on any atom is 0.327 e. The molecule has 1 N–H and O–H groups in total. The molecule has 2 heterocycles. The number of hydrogen-bond acceptors (Lipinski definition) is 4. The lowest BCUT2D eigenvalue weighted by atomic mass is 10.1. The largest absolute Gasteiger partial charge is 0.480 e. The van der Waals surface area contributed by atoms with Crippen molar-refractivity contribution < 1.29 is 14.7 Å². The van der Waals surface area contributed by atoms with Gasteiger partial charge in [-0.05, 0) is 34.0 Å². The molecule has 0 saturated carbocycles. The summed E-state index contributed by atoms with van der Waals surface area (Å²) in [6, 6.07) is 2.44. The molecule has 20 heavy (non-hydrogen) atoms. The van der Waals surface area contributed by atoms with E-state index in [9.17, 15) is 14.7 Å². The molecule has 5 nitrogen and oxygen atoms in total. The zero-order valence-corrected chi connectivity index (χ0v) is 13.5. The third-order valence-corrected chi connectivity index (χ3v) is 5.15. The summed E-state index contributed by atoms with van der Waals surface area (Å²) in [6.07, 6.45) is 1.53. The normalized spacial score (nSPS) is 22.3. The topological polar surface area (TPSA) is 70.5 Å². The quantitative estimate of drug-likeness (QED) is 0.840. The van der Waals surface area contributed by atoms with Crippen LogP contribution in [-0.2, 0) is 4.79 Å². The van der Waals surface area contributed by atoms with Gasteiger partial charge in [-0.15, -0.1) is 11.8 Å². The summed E-state index contributed by atoms with van der Waals surface area (Å²) in [7, 11) is 0. The standard InChI is InChI=1S/C13H15BrN2O3S/c1-7(2)12-16(9(6-20-12)13(18)19)11(17)8-3-4-15-10(14)5-8/h3-5,7,9,12H,6H2,1-2H3,(H,18,19). The maximum atomic E-state index is 12.6. The first-order valence-electron chi connectivity index (χ1n) is 6.20. The van der Waals surface area contributed by atoms with Gasteiger partial charge >= 0.3 is 5.97 Å². The van der Waals surface area contributed by atoms with Gasteiger partial charge in [-0.25, -0.2) is 9.78 Å². The van der Waals surface area contributed by atoms with Crippen LogP contribution >= 0.6 is 27.7 Å². The molecule has 2 unspecified atom stereocenters. The third-order valence-electron chi connectivity index (χ3n) is 3.10. The molecule has 0 radical (unpaired) electrons. The molecule has 7 heteroatoms. The fourth-order valence-corrected chi connectivity index (χ4v) is 4.01. The van der Waals surface area contributed by atoms with E-state index in [-0.39, 0.29) is 17.2 Å². The summed E-state index contributed by atoms with van der Waals surface area (Å²) in [5.74, 6) is -0.596. The van der Waals surface area contributed by atoms with E-state index < -0.39 is 12.0 Å². The molecule has 2 rings (SSSR count). The van der Waals surface area contributed by atoms with E-state index in [0.717, 1.165) is 0 Å². The third kappa shape index (κ3) is 2.98. The first kappa shape index (κ1) is 15.3. The molecular weight excluding hydrogens is 344 g/mol. The molecule has 1 aromatic heterocycles. The van der Waals surface area contributed by atoms with Gasteiger partial charge in [0.1, 0.15) is 10.6 Å². The number of hydrogen-bond donors (Lipinski definition) is 1. The van der Waals surface area contributed by atoms with Crippen LogP contribution in [0.25, 0.3) is 0 Å². The van der Waals surface area contributed by atoms with Crippen molar-refractivity contribution in [2.45, 2.75) is 25.3 Å². The number of carboxylic acid groups (broad SMARTS) is 1. The number of carbonyl (C=O) groups excluding carboxylic acids is 1. The minimum absolute atomic E-state index is 0.115. The summed E-state index contributed by atoms with van der Waals surface area (Å²) in [5.41, 5.74) is 0.450. The van der Waals surface area contributed by atoms with Crippen LogP contribution in [0.1, 0.15) is 24.2 Å². The Bertz CT molecular complexity index is 538. The van der Waals surface area contributed by atoms with Gasteiger partial charge in [0.25, 0.3) is 5.91 Å². The lowest BCUT2D eigenvalue weighted by Crippen LogP contribution is -2.47. The van der Waals surface area contributed by atoms with Gasteiger partial charge in [-0.2, -0.15) is 0 Å². The number of amides is 1.